The van der Waals surface area contributed by atoms with E-state index in [1.165, 1.54) is 24.5 Å². The molecule has 0 unspecified atom stereocenters. The molecule has 3 aromatic rings. The number of rotatable bonds is 5. The minimum Gasteiger partial charge on any atom is -0.460 e. The van der Waals surface area contributed by atoms with E-state index in [1.807, 2.05) is 4.90 Å². The topological polar surface area (TPSA) is 81.9 Å². The van der Waals surface area contributed by atoms with E-state index in [2.05, 4.69) is 19.8 Å². The molecule has 1 aromatic carbocycles. The van der Waals surface area contributed by atoms with Gasteiger partial charge in [-0.25, -0.2) is 9.78 Å². The average molecular weight is 407 g/mol. The molecule has 0 aliphatic carbocycles. The van der Waals surface area contributed by atoms with E-state index < -0.39 is 18.1 Å². The number of hydrogen-bond donors (Lipinski definition) is 0. The number of anilines is 1. The fourth-order valence-corrected chi connectivity index (χ4v) is 3.35. The third-order valence-corrected chi connectivity index (χ3v) is 4.57. The largest absolute Gasteiger partial charge is 0.573 e. The van der Waals surface area contributed by atoms with Crippen molar-refractivity contribution in [3.8, 4) is 5.75 Å². The number of alkyl halides is 3. The highest BCUT2D eigenvalue weighted by molar-refractivity contribution is 5.92. The van der Waals surface area contributed by atoms with Gasteiger partial charge in [-0.15, -0.1) is 13.2 Å². The Bertz CT molecular complexity index is 1020. The summed E-state index contributed by atoms with van der Waals surface area (Å²) in [6.07, 6.45) is -0.260. The van der Waals surface area contributed by atoms with E-state index in [0.717, 1.165) is 31.3 Å². The third kappa shape index (κ3) is 4.08. The van der Waals surface area contributed by atoms with Crippen LogP contribution in [0, 0.1) is 0 Å². The highest BCUT2D eigenvalue weighted by Gasteiger charge is 2.33. The predicted octanol–water partition coefficient (Wildman–Crippen LogP) is 2.85. The van der Waals surface area contributed by atoms with Gasteiger partial charge >= 0.3 is 12.3 Å². The molecule has 2 aromatic heterocycles. The molecule has 1 saturated heterocycles. The van der Waals surface area contributed by atoms with E-state index >= 15 is 0 Å². The van der Waals surface area contributed by atoms with Gasteiger partial charge in [0.25, 0.3) is 5.78 Å². The molecule has 11 heteroatoms. The van der Waals surface area contributed by atoms with Crippen LogP contribution in [-0.4, -0.2) is 51.1 Å². The highest BCUT2D eigenvalue weighted by Crippen LogP contribution is 2.28. The minimum absolute atomic E-state index is 0.0116. The summed E-state index contributed by atoms with van der Waals surface area (Å²) in [6.45, 7) is 0.729. The molecule has 4 rings (SSSR count). The number of esters is 1. The summed E-state index contributed by atoms with van der Waals surface area (Å²) in [5, 5.41) is 4.16. The number of para-hydroxylation sites is 1. The first-order valence-corrected chi connectivity index (χ1v) is 8.86. The second-order valence-corrected chi connectivity index (χ2v) is 6.41. The van der Waals surface area contributed by atoms with Gasteiger partial charge in [-0.2, -0.15) is 14.6 Å². The smallest absolute Gasteiger partial charge is 0.460 e. The summed E-state index contributed by atoms with van der Waals surface area (Å²) < 4.78 is 48.5. The molecule has 0 saturated carbocycles. The lowest BCUT2D eigenvalue weighted by atomic mass is 10.2. The molecule has 29 heavy (non-hydrogen) atoms. The number of fused-ring (bicyclic) bond motifs is 1. The summed E-state index contributed by atoms with van der Waals surface area (Å²) in [5.41, 5.74) is -0.281. The Kier molecular flexibility index (Phi) is 4.95. The van der Waals surface area contributed by atoms with E-state index in [0.29, 0.717) is 5.78 Å². The van der Waals surface area contributed by atoms with Crippen molar-refractivity contribution in [1.82, 2.24) is 19.6 Å². The predicted molar refractivity (Wildman–Crippen MR) is 94.6 cm³/mol. The molecule has 1 atom stereocenters. The number of aromatic nitrogens is 4. The van der Waals surface area contributed by atoms with Crippen molar-refractivity contribution in [3.05, 3.63) is 48.4 Å². The van der Waals surface area contributed by atoms with Crippen LogP contribution < -0.4 is 9.64 Å². The number of carbonyl (C=O) groups excluding carboxylic acids is 1. The molecule has 152 valence electrons. The molecule has 1 fully saturated rings. The second-order valence-electron chi connectivity index (χ2n) is 6.41. The monoisotopic (exact) mass is 407 g/mol. The van der Waals surface area contributed by atoms with Crippen LogP contribution in [0.5, 0.6) is 5.75 Å². The SMILES string of the molecule is O=C(OC[C@H]1CCCN1c1ccnc2ncnn12)c1ccccc1OC(F)(F)F. The molecular formula is C18H16F3N5O3. The van der Waals surface area contributed by atoms with E-state index in [-0.39, 0.29) is 18.2 Å². The van der Waals surface area contributed by atoms with E-state index in [9.17, 15) is 18.0 Å². The van der Waals surface area contributed by atoms with Crippen molar-refractivity contribution in [1.29, 1.82) is 0 Å². The van der Waals surface area contributed by atoms with Crippen molar-refractivity contribution >= 4 is 17.6 Å². The van der Waals surface area contributed by atoms with Crippen molar-refractivity contribution in [2.45, 2.75) is 25.2 Å². The number of carbonyl (C=O) groups is 1. The number of hydrogen-bond acceptors (Lipinski definition) is 7. The molecule has 0 amide bonds. The minimum atomic E-state index is -4.90. The van der Waals surface area contributed by atoms with Crippen LogP contribution in [0.15, 0.2) is 42.9 Å². The van der Waals surface area contributed by atoms with Gasteiger partial charge in [0, 0.05) is 12.7 Å². The summed E-state index contributed by atoms with van der Waals surface area (Å²) in [4.78, 5) is 22.6. The molecule has 8 nitrogen and oxygen atoms in total. The summed E-state index contributed by atoms with van der Waals surface area (Å²) in [6, 6.07) is 6.74. The zero-order valence-corrected chi connectivity index (χ0v) is 15.0. The van der Waals surface area contributed by atoms with Gasteiger partial charge in [-0.1, -0.05) is 12.1 Å². The van der Waals surface area contributed by atoms with Gasteiger partial charge < -0.3 is 14.4 Å². The lowest BCUT2D eigenvalue weighted by molar-refractivity contribution is -0.274. The van der Waals surface area contributed by atoms with Crippen LogP contribution in [0.25, 0.3) is 5.78 Å². The standard InChI is InChI=1S/C18H16F3N5O3/c19-18(20,21)29-14-6-2-1-5-13(14)16(27)28-10-12-4-3-9-25(12)15-7-8-22-17-23-11-24-26(15)17/h1-2,5-8,11-12H,3-4,9-10H2/t12-/m1/s1. The van der Waals surface area contributed by atoms with Crippen LogP contribution in [0.1, 0.15) is 23.2 Å². The summed E-state index contributed by atoms with van der Waals surface area (Å²) in [5.74, 6) is -0.265. The maximum Gasteiger partial charge on any atom is 0.573 e. The lowest BCUT2D eigenvalue weighted by Crippen LogP contribution is -2.35. The fourth-order valence-electron chi connectivity index (χ4n) is 3.35. The zero-order chi connectivity index (χ0) is 20.4. The first-order chi connectivity index (χ1) is 13.9. The lowest BCUT2D eigenvalue weighted by Gasteiger charge is -2.26. The number of benzene rings is 1. The maximum absolute atomic E-state index is 12.6. The number of halogens is 3. The molecule has 1 aliphatic heterocycles. The third-order valence-electron chi connectivity index (χ3n) is 4.57. The van der Waals surface area contributed by atoms with Gasteiger partial charge in [0.05, 0.1) is 6.04 Å². The van der Waals surface area contributed by atoms with Gasteiger partial charge in [0.2, 0.25) is 0 Å². The number of ether oxygens (including phenoxy) is 2. The molecule has 0 bridgehead atoms. The summed E-state index contributed by atoms with van der Waals surface area (Å²) in [7, 11) is 0. The van der Waals surface area contributed by atoms with E-state index in [1.54, 1.807) is 16.8 Å². The normalized spacial score (nSPS) is 16.9. The Morgan fingerprint density at radius 2 is 2.03 bits per heavy atom. The molecule has 0 spiro atoms. The quantitative estimate of drug-likeness (QED) is 0.602. The Morgan fingerprint density at radius 1 is 1.21 bits per heavy atom. The van der Waals surface area contributed by atoms with E-state index in [4.69, 9.17) is 4.74 Å². The van der Waals surface area contributed by atoms with Crippen LogP contribution in [-0.2, 0) is 4.74 Å². The first-order valence-electron chi connectivity index (χ1n) is 8.86. The van der Waals surface area contributed by atoms with Crippen molar-refractivity contribution in [2.75, 3.05) is 18.1 Å². The Labute approximate surface area is 162 Å². The van der Waals surface area contributed by atoms with Crippen molar-refractivity contribution in [3.63, 3.8) is 0 Å². The zero-order valence-electron chi connectivity index (χ0n) is 15.0. The highest BCUT2D eigenvalue weighted by atomic mass is 19.4. The van der Waals surface area contributed by atoms with Crippen LogP contribution in [0.4, 0.5) is 19.0 Å². The first kappa shape index (κ1) is 19.0. The average Bonchev–Trinajstić information content (AvgIpc) is 3.34. The van der Waals surface area contributed by atoms with Crippen molar-refractivity contribution < 1.29 is 27.4 Å². The fraction of sp³-hybridized carbons (Fsp3) is 0.333. The summed E-state index contributed by atoms with van der Waals surface area (Å²) >= 11 is 0. The van der Waals surface area contributed by atoms with Gasteiger partial charge in [0.1, 0.15) is 30.1 Å². The molecule has 3 heterocycles. The molecular weight excluding hydrogens is 391 g/mol. The Hall–Kier alpha value is -3.37. The Balaban J connectivity index is 1.48. The second kappa shape index (κ2) is 7.57. The van der Waals surface area contributed by atoms with Gasteiger partial charge in [-0.05, 0) is 31.0 Å². The van der Waals surface area contributed by atoms with Crippen LogP contribution in [0.2, 0.25) is 0 Å². The van der Waals surface area contributed by atoms with Gasteiger partial charge in [0.15, 0.2) is 0 Å². The molecule has 1 aliphatic rings. The maximum atomic E-state index is 12.6. The van der Waals surface area contributed by atoms with Crippen LogP contribution >= 0.6 is 0 Å². The number of nitrogens with zero attached hydrogens (tertiary/aromatic N) is 5. The Morgan fingerprint density at radius 3 is 2.86 bits per heavy atom. The van der Waals surface area contributed by atoms with Crippen LogP contribution in [0.3, 0.4) is 0 Å². The van der Waals surface area contributed by atoms with Gasteiger partial charge in [-0.3, -0.25) is 0 Å². The molecule has 0 N–H and O–H groups in total. The van der Waals surface area contributed by atoms with Crippen molar-refractivity contribution in [2.24, 2.45) is 0 Å². The molecule has 0 radical (unpaired) electrons.